The zero-order valence-corrected chi connectivity index (χ0v) is 17.2. The number of aryl methyl sites for hydroxylation is 1. The molecular weight excluding hydrogens is 440 g/mol. The molecule has 0 spiro atoms. The van der Waals surface area contributed by atoms with E-state index < -0.39 is 11.8 Å². The van der Waals surface area contributed by atoms with Gasteiger partial charge in [-0.3, -0.25) is 0 Å². The normalized spacial score (nSPS) is 12.1. The minimum absolute atomic E-state index is 0.369. The van der Waals surface area contributed by atoms with Crippen molar-refractivity contribution in [2.75, 3.05) is 7.11 Å². The first kappa shape index (κ1) is 19.1. The van der Waals surface area contributed by atoms with Gasteiger partial charge >= 0.3 is 5.69 Å². The van der Waals surface area contributed by atoms with E-state index in [2.05, 4.69) is 31.5 Å². The highest BCUT2D eigenvalue weighted by atomic mass is 79.9. The van der Waals surface area contributed by atoms with E-state index in [-0.39, 0.29) is 0 Å². The Hall–Kier alpha value is -3.24. The summed E-state index contributed by atoms with van der Waals surface area (Å²) < 4.78 is 10.3. The van der Waals surface area contributed by atoms with Crippen LogP contribution in [0.1, 0.15) is 17.4 Å². The molecule has 2 aromatic heterocycles. The Labute approximate surface area is 173 Å². The summed E-state index contributed by atoms with van der Waals surface area (Å²) >= 11 is 3.41. The van der Waals surface area contributed by atoms with Gasteiger partial charge in [-0.1, -0.05) is 22.0 Å². The summed E-state index contributed by atoms with van der Waals surface area (Å²) in [6.45, 7) is 0. The highest BCUT2D eigenvalue weighted by Gasteiger charge is 2.24. The lowest BCUT2D eigenvalue weighted by Gasteiger charge is -2.16. The van der Waals surface area contributed by atoms with Crippen LogP contribution in [0.2, 0.25) is 0 Å². The van der Waals surface area contributed by atoms with Gasteiger partial charge in [-0.2, -0.15) is 14.5 Å². The number of aromatic nitrogens is 6. The Morgan fingerprint density at radius 2 is 1.86 bits per heavy atom. The average Bonchev–Trinajstić information content (AvgIpc) is 3.35. The molecule has 0 aliphatic carbocycles. The Kier molecular flexibility index (Phi) is 5.03. The van der Waals surface area contributed by atoms with Crippen LogP contribution < -0.4 is 10.4 Å². The number of aliphatic hydroxyl groups excluding tert-OH is 1. The quantitative estimate of drug-likeness (QED) is 0.492. The Morgan fingerprint density at radius 1 is 1.10 bits per heavy atom. The van der Waals surface area contributed by atoms with Crippen molar-refractivity contribution in [3.05, 3.63) is 80.9 Å². The molecule has 29 heavy (non-hydrogen) atoms. The lowest BCUT2D eigenvalue weighted by Crippen LogP contribution is -2.23. The summed E-state index contributed by atoms with van der Waals surface area (Å²) in [5, 5.41) is 23.2. The van der Waals surface area contributed by atoms with E-state index in [1.165, 1.54) is 14.2 Å². The highest BCUT2D eigenvalue weighted by Crippen LogP contribution is 2.34. The van der Waals surface area contributed by atoms with Crippen LogP contribution in [-0.2, 0) is 7.05 Å². The molecule has 0 radical (unpaired) electrons. The number of nitrogens with zero attached hydrogens (tertiary/aromatic N) is 6. The zero-order valence-electron chi connectivity index (χ0n) is 15.6. The molecule has 0 fully saturated rings. The molecule has 0 saturated heterocycles. The molecule has 4 aromatic rings. The third-order valence-electron chi connectivity index (χ3n) is 4.47. The van der Waals surface area contributed by atoms with Crippen molar-refractivity contribution in [1.29, 1.82) is 0 Å². The van der Waals surface area contributed by atoms with E-state index in [4.69, 9.17) is 4.74 Å². The summed E-state index contributed by atoms with van der Waals surface area (Å²) in [5.41, 5.74) is 1.55. The summed E-state index contributed by atoms with van der Waals surface area (Å²) in [5.74, 6) is 0.408. The van der Waals surface area contributed by atoms with Crippen LogP contribution in [0.4, 0.5) is 0 Å². The molecule has 1 atom stereocenters. The van der Waals surface area contributed by atoms with Gasteiger partial charge in [0.15, 0.2) is 0 Å². The second-order valence-corrected chi connectivity index (χ2v) is 7.17. The molecule has 1 unspecified atom stereocenters. The van der Waals surface area contributed by atoms with Gasteiger partial charge in [-0.15, -0.1) is 0 Å². The number of aliphatic hydroxyl groups is 1. The minimum Gasteiger partial charge on any atom is -0.496 e. The highest BCUT2D eigenvalue weighted by molar-refractivity contribution is 9.10. The second-order valence-electron chi connectivity index (χ2n) is 6.25. The second kappa shape index (κ2) is 7.64. The fourth-order valence-electron chi connectivity index (χ4n) is 3.00. The number of tetrazole rings is 1. The minimum atomic E-state index is -1.15. The summed E-state index contributed by atoms with van der Waals surface area (Å²) in [7, 11) is 3.00. The molecule has 0 saturated carbocycles. The largest absolute Gasteiger partial charge is 0.496 e. The van der Waals surface area contributed by atoms with Crippen molar-refractivity contribution in [3.63, 3.8) is 0 Å². The fourth-order valence-corrected chi connectivity index (χ4v) is 3.27. The van der Waals surface area contributed by atoms with Crippen LogP contribution >= 0.6 is 15.9 Å². The number of methoxy groups -OCH3 is 1. The van der Waals surface area contributed by atoms with E-state index >= 15 is 0 Å². The molecule has 4 rings (SSSR count). The molecule has 10 heteroatoms. The molecule has 0 bridgehead atoms. The molecule has 1 N–H and O–H groups in total. The summed E-state index contributed by atoms with van der Waals surface area (Å²) in [4.78, 5) is 12.4. The van der Waals surface area contributed by atoms with Crippen LogP contribution in [-0.4, -0.2) is 41.8 Å². The average molecular weight is 457 g/mol. The van der Waals surface area contributed by atoms with Crippen LogP contribution in [0.3, 0.4) is 0 Å². The summed E-state index contributed by atoms with van der Waals surface area (Å²) in [6, 6.07) is 14.4. The number of rotatable bonds is 5. The van der Waals surface area contributed by atoms with Crippen LogP contribution in [0.25, 0.3) is 11.4 Å². The molecule has 9 nitrogen and oxygen atoms in total. The lowest BCUT2D eigenvalue weighted by molar-refractivity contribution is 0.209. The molecular formula is C19H17BrN6O3. The first-order valence-corrected chi connectivity index (χ1v) is 9.44. The topological polar surface area (TPSA) is 100.0 Å². The van der Waals surface area contributed by atoms with Gasteiger partial charge in [-0.05, 0) is 52.9 Å². The number of halogens is 1. The maximum Gasteiger partial charge on any atom is 0.368 e. The molecule has 0 aliphatic rings. The van der Waals surface area contributed by atoms with Crippen molar-refractivity contribution >= 4 is 15.9 Å². The smallest absolute Gasteiger partial charge is 0.368 e. The van der Waals surface area contributed by atoms with E-state index in [9.17, 15) is 9.90 Å². The van der Waals surface area contributed by atoms with Crippen molar-refractivity contribution in [1.82, 2.24) is 29.6 Å². The molecule has 0 amide bonds. The molecule has 2 aromatic carbocycles. The van der Waals surface area contributed by atoms with Gasteiger partial charge in [0.25, 0.3) is 0 Å². The first-order chi connectivity index (χ1) is 14.0. The van der Waals surface area contributed by atoms with Crippen molar-refractivity contribution in [2.45, 2.75) is 6.10 Å². The predicted octanol–water partition coefficient (Wildman–Crippen LogP) is 2.00. The van der Waals surface area contributed by atoms with Gasteiger partial charge in [0.1, 0.15) is 11.9 Å². The third-order valence-corrected chi connectivity index (χ3v) is 5.00. The van der Waals surface area contributed by atoms with Crippen molar-refractivity contribution in [3.8, 4) is 17.1 Å². The Balaban J connectivity index is 1.79. The molecule has 0 aliphatic heterocycles. The Bertz CT molecular complexity index is 1210. The number of hydrogen-bond acceptors (Lipinski definition) is 6. The van der Waals surface area contributed by atoms with E-state index in [1.807, 2.05) is 24.3 Å². The standard InChI is InChI=1S/C19H17BrN6O3/c1-24-19(28)26(23-22-24)15-4-3-5-16(29-2)17(15)18(27)14-10-11-25(21-14)13-8-6-12(20)7-9-13/h3-11,18,27H,1-2H3. The van der Waals surface area contributed by atoms with Crippen molar-refractivity contribution in [2.24, 2.45) is 7.05 Å². The molecule has 2 heterocycles. The number of ether oxygens (including phenoxy) is 1. The van der Waals surface area contributed by atoms with Gasteiger partial charge in [0.2, 0.25) is 0 Å². The zero-order chi connectivity index (χ0) is 20.5. The lowest BCUT2D eigenvalue weighted by atomic mass is 10.0. The van der Waals surface area contributed by atoms with E-state index in [0.717, 1.165) is 19.5 Å². The molecule has 148 valence electrons. The summed E-state index contributed by atoms with van der Waals surface area (Å²) in [6.07, 6.45) is 0.609. The SMILES string of the molecule is COc1cccc(-n2nnn(C)c2=O)c1C(O)c1ccn(-c2ccc(Br)cc2)n1. The van der Waals surface area contributed by atoms with Gasteiger partial charge < -0.3 is 9.84 Å². The van der Waals surface area contributed by atoms with E-state index in [1.54, 1.807) is 35.1 Å². The van der Waals surface area contributed by atoms with Crippen LogP contribution in [0.5, 0.6) is 5.75 Å². The van der Waals surface area contributed by atoms with Gasteiger partial charge in [-0.25, -0.2) is 9.48 Å². The van der Waals surface area contributed by atoms with E-state index in [0.29, 0.717) is 22.7 Å². The Morgan fingerprint density at radius 3 is 2.52 bits per heavy atom. The van der Waals surface area contributed by atoms with Crippen LogP contribution in [0.15, 0.2) is 64.0 Å². The fraction of sp³-hybridized carbons (Fsp3) is 0.158. The van der Waals surface area contributed by atoms with Gasteiger partial charge in [0, 0.05) is 17.7 Å². The third kappa shape index (κ3) is 3.47. The predicted molar refractivity (Wildman–Crippen MR) is 108 cm³/mol. The van der Waals surface area contributed by atoms with Crippen LogP contribution in [0, 0.1) is 0 Å². The first-order valence-electron chi connectivity index (χ1n) is 8.65. The number of benzene rings is 2. The number of hydrogen-bond donors (Lipinski definition) is 1. The maximum atomic E-state index is 12.4. The monoisotopic (exact) mass is 456 g/mol. The van der Waals surface area contributed by atoms with Crippen molar-refractivity contribution < 1.29 is 9.84 Å². The van der Waals surface area contributed by atoms with Gasteiger partial charge in [0.05, 0.1) is 29.7 Å². The maximum absolute atomic E-state index is 12.4.